The Bertz CT molecular complexity index is 878. The molecule has 136 valence electrons. The normalized spacial score (nSPS) is 13.1. The number of ether oxygens (including phenoxy) is 2. The van der Waals surface area contributed by atoms with Crippen LogP contribution in [0.3, 0.4) is 0 Å². The van der Waals surface area contributed by atoms with Crippen molar-refractivity contribution in [2.24, 2.45) is 0 Å². The summed E-state index contributed by atoms with van der Waals surface area (Å²) in [4.78, 5) is 25.0. The summed E-state index contributed by atoms with van der Waals surface area (Å²) >= 11 is 0. The van der Waals surface area contributed by atoms with Crippen molar-refractivity contribution in [3.63, 3.8) is 0 Å². The van der Waals surface area contributed by atoms with Crippen LogP contribution in [0.1, 0.15) is 27.0 Å². The largest absolute Gasteiger partial charge is 0.496 e. The topological polar surface area (TPSA) is 81.9 Å². The molecular weight excluding hydrogens is 336 g/mol. The second-order valence-electron chi connectivity index (χ2n) is 6.18. The molecule has 0 fully saturated rings. The van der Waals surface area contributed by atoms with Crippen molar-refractivity contribution in [3.8, 4) is 5.75 Å². The highest BCUT2D eigenvalue weighted by Crippen LogP contribution is 2.34. The Morgan fingerprint density at radius 2 is 2.04 bits per heavy atom. The molecule has 0 atom stereocenters. The third kappa shape index (κ3) is 3.08. The van der Waals surface area contributed by atoms with E-state index in [0.29, 0.717) is 12.1 Å². The first-order chi connectivity index (χ1) is 12.5. The number of benzene rings is 2. The van der Waals surface area contributed by atoms with Gasteiger partial charge in [0.05, 0.1) is 19.1 Å². The van der Waals surface area contributed by atoms with E-state index in [-0.39, 0.29) is 11.3 Å². The third-order valence-corrected chi connectivity index (χ3v) is 4.68. The van der Waals surface area contributed by atoms with Crippen molar-refractivity contribution < 1.29 is 19.2 Å². The summed E-state index contributed by atoms with van der Waals surface area (Å²) in [7, 11) is 2.88. The van der Waals surface area contributed by atoms with Crippen LogP contribution >= 0.6 is 0 Å². The van der Waals surface area contributed by atoms with Crippen LogP contribution in [0.2, 0.25) is 0 Å². The average molecular weight is 356 g/mol. The number of hydrogen-bond acceptors (Lipinski definition) is 6. The van der Waals surface area contributed by atoms with Gasteiger partial charge in [-0.05, 0) is 37.1 Å². The monoisotopic (exact) mass is 356 g/mol. The van der Waals surface area contributed by atoms with Gasteiger partial charge in [-0.3, -0.25) is 10.1 Å². The second-order valence-corrected chi connectivity index (χ2v) is 6.18. The molecule has 0 N–H and O–H groups in total. The van der Waals surface area contributed by atoms with Gasteiger partial charge >= 0.3 is 5.97 Å². The molecule has 2 aromatic rings. The Morgan fingerprint density at radius 3 is 2.69 bits per heavy atom. The molecule has 1 aliphatic heterocycles. The quantitative estimate of drug-likeness (QED) is 0.475. The molecule has 0 saturated carbocycles. The molecule has 0 bridgehead atoms. The van der Waals surface area contributed by atoms with Crippen molar-refractivity contribution in [1.82, 2.24) is 0 Å². The second kappa shape index (κ2) is 7.03. The van der Waals surface area contributed by atoms with Gasteiger partial charge in [0, 0.05) is 29.9 Å². The number of rotatable bonds is 4. The summed E-state index contributed by atoms with van der Waals surface area (Å²) < 4.78 is 10.2. The molecule has 1 heterocycles. The molecule has 0 spiro atoms. The molecule has 26 heavy (non-hydrogen) atoms. The summed E-state index contributed by atoms with van der Waals surface area (Å²) in [6.45, 7) is 3.00. The van der Waals surface area contributed by atoms with Crippen molar-refractivity contribution in [2.45, 2.75) is 19.9 Å². The molecule has 0 aromatic heterocycles. The highest BCUT2D eigenvalue weighted by molar-refractivity contribution is 5.96. The van der Waals surface area contributed by atoms with Crippen LogP contribution < -0.4 is 9.64 Å². The van der Waals surface area contributed by atoms with E-state index < -0.39 is 10.9 Å². The van der Waals surface area contributed by atoms with Crippen LogP contribution in [-0.4, -0.2) is 31.7 Å². The summed E-state index contributed by atoms with van der Waals surface area (Å²) in [5.41, 5.74) is 3.29. The highest BCUT2D eigenvalue weighted by Gasteiger charge is 2.27. The fraction of sp³-hybridized carbons (Fsp3) is 0.316. The Balaban J connectivity index is 2.01. The van der Waals surface area contributed by atoms with Crippen LogP contribution in [0.15, 0.2) is 30.3 Å². The van der Waals surface area contributed by atoms with Gasteiger partial charge in [0.1, 0.15) is 11.3 Å². The Labute approximate surface area is 151 Å². The van der Waals surface area contributed by atoms with Crippen molar-refractivity contribution in [1.29, 1.82) is 0 Å². The molecule has 2 aromatic carbocycles. The molecule has 7 heteroatoms. The van der Waals surface area contributed by atoms with E-state index in [1.165, 1.54) is 12.7 Å². The van der Waals surface area contributed by atoms with Crippen LogP contribution in [0.4, 0.5) is 11.4 Å². The molecule has 7 nitrogen and oxygen atoms in total. The fourth-order valence-electron chi connectivity index (χ4n) is 3.44. The van der Waals surface area contributed by atoms with Crippen molar-refractivity contribution >= 4 is 17.3 Å². The van der Waals surface area contributed by atoms with Gasteiger partial charge in [0.2, 0.25) is 0 Å². The first-order valence-corrected chi connectivity index (χ1v) is 8.23. The molecule has 1 aliphatic rings. The zero-order valence-corrected chi connectivity index (χ0v) is 14.9. The van der Waals surface area contributed by atoms with Crippen molar-refractivity contribution in [3.05, 3.63) is 62.7 Å². The van der Waals surface area contributed by atoms with E-state index in [2.05, 4.69) is 4.90 Å². The Hall–Kier alpha value is -3.09. The van der Waals surface area contributed by atoms with Crippen LogP contribution in [-0.2, 0) is 17.7 Å². The number of aryl methyl sites for hydroxylation is 1. The summed E-state index contributed by atoms with van der Waals surface area (Å²) in [5.74, 6) is 0.165. The van der Waals surface area contributed by atoms with Gasteiger partial charge in [-0.25, -0.2) is 4.79 Å². The van der Waals surface area contributed by atoms with Gasteiger partial charge in [-0.2, -0.15) is 0 Å². The van der Waals surface area contributed by atoms with E-state index in [1.807, 2.05) is 18.2 Å². The molecule has 0 unspecified atom stereocenters. The first kappa shape index (κ1) is 17.7. The van der Waals surface area contributed by atoms with Gasteiger partial charge in [-0.1, -0.05) is 12.1 Å². The average Bonchev–Trinajstić information content (AvgIpc) is 2.65. The van der Waals surface area contributed by atoms with E-state index in [0.717, 1.165) is 30.0 Å². The number of hydrogen-bond donors (Lipinski definition) is 0. The predicted molar refractivity (Wildman–Crippen MR) is 96.9 cm³/mol. The number of nitro benzene ring substituents is 1. The number of fused-ring (bicyclic) bond motifs is 1. The molecule has 0 amide bonds. The number of carbonyl (C=O) groups excluding carboxylic acids is 1. The minimum absolute atomic E-state index is 0.0241. The molecular formula is C19H20N2O5. The number of esters is 1. The predicted octanol–water partition coefficient (Wildman–Crippen LogP) is 3.26. The maximum absolute atomic E-state index is 12.0. The van der Waals surface area contributed by atoms with Crippen LogP contribution in [0.25, 0.3) is 0 Å². The van der Waals surface area contributed by atoms with Crippen LogP contribution in [0.5, 0.6) is 5.75 Å². The summed E-state index contributed by atoms with van der Waals surface area (Å²) in [6.07, 6.45) is 0.795. The summed E-state index contributed by atoms with van der Waals surface area (Å²) in [5, 5.41) is 11.4. The van der Waals surface area contributed by atoms with Gasteiger partial charge < -0.3 is 14.4 Å². The fourth-order valence-corrected chi connectivity index (χ4v) is 3.44. The lowest BCUT2D eigenvalue weighted by molar-refractivity contribution is -0.385. The minimum Gasteiger partial charge on any atom is -0.496 e. The lowest BCUT2D eigenvalue weighted by Gasteiger charge is -2.32. The van der Waals surface area contributed by atoms with Crippen molar-refractivity contribution in [2.75, 3.05) is 25.7 Å². The number of nitro groups is 1. The zero-order valence-electron chi connectivity index (χ0n) is 14.9. The van der Waals surface area contributed by atoms with Gasteiger partial charge in [-0.15, -0.1) is 0 Å². The Morgan fingerprint density at radius 1 is 1.27 bits per heavy atom. The molecule has 3 rings (SSSR count). The third-order valence-electron chi connectivity index (χ3n) is 4.68. The number of carbonyl (C=O) groups is 1. The number of anilines is 1. The van der Waals surface area contributed by atoms with E-state index in [9.17, 15) is 14.9 Å². The van der Waals surface area contributed by atoms with Gasteiger partial charge in [0.15, 0.2) is 0 Å². The summed E-state index contributed by atoms with van der Waals surface area (Å²) in [6, 6.07) is 9.23. The standard InChI is InChI=1S/C19H20N2O5/c1-12-9-14(10-16(19(22)26-3)18(12)21(23)24)20-8-7-15-13(11-20)5-4-6-17(15)25-2/h4-6,9-10H,7-8,11H2,1-3H3. The molecule has 0 radical (unpaired) electrons. The maximum atomic E-state index is 12.0. The lowest BCUT2D eigenvalue weighted by Crippen LogP contribution is -2.31. The Kier molecular flexibility index (Phi) is 4.79. The molecule has 0 saturated heterocycles. The van der Waals surface area contributed by atoms with E-state index >= 15 is 0 Å². The smallest absolute Gasteiger partial charge is 0.344 e. The van der Waals surface area contributed by atoms with Crippen LogP contribution in [0, 0.1) is 17.0 Å². The van der Waals surface area contributed by atoms with Gasteiger partial charge in [0.25, 0.3) is 5.69 Å². The van der Waals surface area contributed by atoms with E-state index in [1.54, 1.807) is 26.2 Å². The number of nitrogens with zero attached hydrogens (tertiary/aromatic N) is 2. The highest BCUT2D eigenvalue weighted by atomic mass is 16.6. The minimum atomic E-state index is -0.708. The first-order valence-electron chi connectivity index (χ1n) is 8.23. The number of methoxy groups -OCH3 is 2. The SMILES string of the molecule is COC(=O)c1cc(N2CCc3c(cccc3OC)C2)cc(C)c1[N+](=O)[O-]. The molecule has 0 aliphatic carbocycles. The van der Waals surface area contributed by atoms with E-state index in [4.69, 9.17) is 9.47 Å². The maximum Gasteiger partial charge on any atom is 0.344 e. The lowest BCUT2D eigenvalue weighted by atomic mass is 9.97. The zero-order chi connectivity index (χ0) is 18.8.